The van der Waals surface area contributed by atoms with Crippen LogP contribution in [0.1, 0.15) is 18.4 Å². The van der Waals surface area contributed by atoms with Gasteiger partial charge in [-0.1, -0.05) is 18.2 Å². The largest absolute Gasteiger partial charge is 0.444 e. The molecule has 1 heterocycles. The van der Waals surface area contributed by atoms with Gasteiger partial charge < -0.3 is 14.6 Å². The minimum Gasteiger partial charge on any atom is -0.444 e. The molecule has 0 aliphatic rings. The van der Waals surface area contributed by atoms with E-state index in [4.69, 9.17) is 16.0 Å². The summed E-state index contributed by atoms with van der Waals surface area (Å²) in [5.41, 5.74) is 1.92. The number of nitrogens with zero attached hydrogens (tertiary/aromatic N) is 1. The fraction of sp³-hybridized carbons (Fsp3) is 0.467. The van der Waals surface area contributed by atoms with Crippen molar-refractivity contribution in [2.45, 2.75) is 19.4 Å². The molecule has 0 saturated heterocycles. The lowest BCUT2D eigenvalue weighted by Gasteiger charge is -2.09. The maximum atomic E-state index is 6.14. The third-order valence-electron chi connectivity index (χ3n) is 3.16. The SMILES string of the molecule is CN(C)CCCCNCc1c(Cl)oc2ccccc12. The van der Waals surface area contributed by atoms with Crippen LogP contribution in [0.2, 0.25) is 5.22 Å². The summed E-state index contributed by atoms with van der Waals surface area (Å²) in [4.78, 5) is 2.21. The highest BCUT2D eigenvalue weighted by molar-refractivity contribution is 6.30. The summed E-state index contributed by atoms with van der Waals surface area (Å²) in [6.45, 7) is 2.90. The zero-order chi connectivity index (χ0) is 13.7. The van der Waals surface area contributed by atoms with Crippen molar-refractivity contribution in [3.05, 3.63) is 35.0 Å². The Hall–Kier alpha value is -1.03. The van der Waals surface area contributed by atoms with Crippen molar-refractivity contribution in [2.24, 2.45) is 0 Å². The summed E-state index contributed by atoms with van der Waals surface area (Å²) in [6.07, 6.45) is 2.38. The molecule has 1 aromatic carbocycles. The van der Waals surface area contributed by atoms with Crippen molar-refractivity contribution in [1.29, 1.82) is 0 Å². The normalized spacial score (nSPS) is 11.6. The Morgan fingerprint density at radius 2 is 2.00 bits per heavy atom. The molecular formula is C15H21ClN2O. The number of hydrogen-bond acceptors (Lipinski definition) is 3. The second kappa shape index (κ2) is 6.94. The first-order valence-electron chi connectivity index (χ1n) is 6.70. The highest BCUT2D eigenvalue weighted by Gasteiger charge is 2.10. The van der Waals surface area contributed by atoms with E-state index in [0.29, 0.717) is 5.22 Å². The molecule has 0 spiro atoms. The molecule has 0 saturated carbocycles. The molecule has 4 heteroatoms. The Bertz CT molecular complexity index is 522. The van der Waals surface area contributed by atoms with Gasteiger partial charge in [-0.15, -0.1) is 0 Å². The molecule has 0 aliphatic carbocycles. The topological polar surface area (TPSA) is 28.4 Å². The van der Waals surface area contributed by atoms with Crippen molar-refractivity contribution in [1.82, 2.24) is 10.2 Å². The predicted molar refractivity (Wildman–Crippen MR) is 80.7 cm³/mol. The molecular weight excluding hydrogens is 260 g/mol. The van der Waals surface area contributed by atoms with Crippen LogP contribution in [-0.2, 0) is 6.54 Å². The number of halogens is 1. The van der Waals surface area contributed by atoms with Crippen LogP contribution in [0.25, 0.3) is 11.0 Å². The monoisotopic (exact) mass is 280 g/mol. The highest BCUT2D eigenvalue weighted by Crippen LogP contribution is 2.29. The zero-order valence-corrected chi connectivity index (χ0v) is 12.3. The van der Waals surface area contributed by atoms with E-state index in [2.05, 4.69) is 24.3 Å². The Balaban J connectivity index is 1.83. The minimum absolute atomic E-state index is 0.502. The van der Waals surface area contributed by atoms with E-state index in [9.17, 15) is 0 Å². The molecule has 0 radical (unpaired) electrons. The van der Waals surface area contributed by atoms with Crippen LogP contribution in [0.15, 0.2) is 28.7 Å². The third kappa shape index (κ3) is 3.96. The van der Waals surface area contributed by atoms with Gasteiger partial charge in [0, 0.05) is 17.5 Å². The molecule has 0 fully saturated rings. The van der Waals surface area contributed by atoms with Gasteiger partial charge in [-0.25, -0.2) is 0 Å². The number of benzene rings is 1. The van der Waals surface area contributed by atoms with Gasteiger partial charge in [0.1, 0.15) is 5.58 Å². The van der Waals surface area contributed by atoms with Crippen molar-refractivity contribution in [3.8, 4) is 0 Å². The molecule has 0 amide bonds. The van der Waals surface area contributed by atoms with Gasteiger partial charge in [0.15, 0.2) is 5.22 Å². The van der Waals surface area contributed by atoms with E-state index in [0.717, 1.165) is 36.2 Å². The summed E-state index contributed by atoms with van der Waals surface area (Å²) in [6, 6.07) is 7.96. The smallest absolute Gasteiger partial charge is 0.199 e. The first-order chi connectivity index (χ1) is 9.18. The van der Waals surface area contributed by atoms with Crippen molar-refractivity contribution in [3.63, 3.8) is 0 Å². The summed E-state index contributed by atoms with van der Waals surface area (Å²) in [5.74, 6) is 0. The van der Waals surface area contributed by atoms with Gasteiger partial charge in [0.2, 0.25) is 0 Å². The van der Waals surface area contributed by atoms with E-state index in [1.807, 2.05) is 24.3 Å². The highest BCUT2D eigenvalue weighted by atomic mass is 35.5. The number of rotatable bonds is 7. The van der Waals surface area contributed by atoms with Crippen LogP contribution < -0.4 is 5.32 Å². The standard InChI is InChI=1S/C15H21ClN2O/c1-18(2)10-6-5-9-17-11-13-12-7-3-4-8-14(12)19-15(13)16/h3-4,7-8,17H,5-6,9-11H2,1-2H3. The van der Waals surface area contributed by atoms with Crippen LogP contribution in [0.3, 0.4) is 0 Å². The van der Waals surface area contributed by atoms with Gasteiger partial charge in [0.25, 0.3) is 0 Å². The average Bonchev–Trinajstić information content (AvgIpc) is 2.69. The minimum atomic E-state index is 0.502. The van der Waals surface area contributed by atoms with Crippen molar-refractivity contribution < 1.29 is 4.42 Å². The molecule has 0 unspecified atom stereocenters. The predicted octanol–water partition coefficient (Wildman–Crippen LogP) is 3.52. The molecule has 0 atom stereocenters. The van der Waals surface area contributed by atoms with Gasteiger partial charge >= 0.3 is 0 Å². The molecule has 104 valence electrons. The summed E-state index contributed by atoms with van der Waals surface area (Å²) < 4.78 is 5.53. The van der Waals surface area contributed by atoms with Gasteiger partial charge in [-0.3, -0.25) is 0 Å². The van der Waals surface area contributed by atoms with Gasteiger partial charge in [0.05, 0.1) is 0 Å². The maximum absolute atomic E-state index is 6.14. The summed E-state index contributed by atoms with van der Waals surface area (Å²) in [5, 5.41) is 5.04. The quantitative estimate of drug-likeness (QED) is 0.787. The number of fused-ring (bicyclic) bond motifs is 1. The Morgan fingerprint density at radius 3 is 2.79 bits per heavy atom. The van der Waals surface area contributed by atoms with Crippen molar-refractivity contribution in [2.75, 3.05) is 27.2 Å². The average molecular weight is 281 g/mol. The van der Waals surface area contributed by atoms with Crippen LogP contribution in [0.4, 0.5) is 0 Å². The Kier molecular flexibility index (Phi) is 5.25. The molecule has 1 N–H and O–H groups in total. The first-order valence-corrected chi connectivity index (χ1v) is 7.07. The van der Waals surface area contributed by atoms with Crippen molar-refractivity contribution >= 4 is 22.6 Å². The van der Waals surface area contributed by atoms with Crippen LogP contribution in [-0.4, -0.2) is 32.1 Å². The number of hydrogen-bond donors (Lipinski definition) is 1. The number of nitrogens with one attached hydrogen (secondary N) is 1. The van der Waals surface area contributed by atoms with Crippen LogP contribution in [0.5, 0.6) is 0 Å². The Labute approximate surface area is 119 Å². The van der Waals surface area contributed by atoms with E-state index >= 15 is 0 Å². The third-order valence-corrected chi connectivity index (χ3v) is 3.46. The lowest BCUT2D eigenvalue weighted by atomic mass is 10.2. The lowest BCUT2D eigenvalue weighted by Crippen LogP contribution is -2.18. The molecule has 0 bridgehead atoms. The zero-order valence-electron chi connectivity index (χ0n) is 11.6. The second-order valence-corrected chi connectivity index (χ2v) is 5.38. The lowest BCUT2D eigenvalue weighted by molar-refractivity contribution is 0.391. The summed E-state index contributed by atoms with van der Waals surface area (Å²) >= 11 is 6.14. The fourth-order valence-corrected chi connectivity index (χ4v) is 2.38. The van der Waals surface area contributed by atoms with Crippen LogP contribution >= 0.6 is 11.6 Å². The number of unbranched alkanes of at least 4 members (excludes halogenated alkanes) is 1. The van der Waals surface area contributed by atoms with E-state index in [-0.39, 0.29) is 0 Å². The molecule has 2 rings (SSSR count). The van der Waals surface area contributed by atoms with E-state index < -0.39 is 0 Å². The van der Waals surface area contributed by atoms with Gasteiger partial charge in [-0.2, -0.15) is 0 Å². The van der Waals surface area contributed by atoms with Gasteiger partial charge in [-0.05, 0) is 57.7 Å². The second-order valence-electron chi connectivity index (χ2n) is 5.04. The molecule has 19 heavy (non-hydrogen) atoms. The van der Waals surface area contributed by atoms with Crippen LogP contribution in [0, 0.1) is 0 Å². The molecule has 1 aromatic heterocycles. The number of para-hydroxylation sites is 1. The van der Waals surface area contributed by atoms with E-state index in [1.54, 1.807) is 0 Å². The summed E-state index contributed by atoms with van der Waals surface area (Å²) in [7, 11) is 4.20. The maximum Gasteiger partial charge on any atom is 0.199 e. The first kappa shape index (κ1) is 14.4. The Morgan fingerprint density at radius 1 is 1.21 bits per heavy atom. The number of furan rings is 1. The molecule has 3 nitrogen and oxygen atoms in total. The van der Waals surface area contributed by atoms with E-state index in [1.165, 1.54) is 12.8 Å². The molecule has 0 aliphatic heterocycles. The molecule has 2 aromatic rings. The fourth-order valence-electron chi connectivity index (χ4n) is 2.13.